The number of sulfonamides is 3. The second kappa shape index (κ2) is 34.4. The topological polar surface area (TPSA) is 284 Å². The first-order valence-electron chi connectivity index (χ1n) is 35.1. The maximum Gasteiger partial charge on any atom is 0.253 e. The molecule has 3 aromatic carbocycles. The van der Waals surface area contributed by atoms with E-state index < -0.39 is 46.7 Å². The fourth-order valence-corrected chi connectivity index (χ4v) is 18.8. The number of aryl methyl sites for hydroxylation is 1. The largest absolute Gasteiger partial charge is 0.496 e. The number of nitrogens with zero attached hydrogens (tertiary/aromatic N) is 6. The van der Waals surface area contributed by atoms with E-state index in [1.165, 1.54) is 44.0 Å². The SMILES string of the molecule is C=CS(=O)(=O)N1CCC2(CC1)N=C(C1CCC(C)CC1)NC2=O.CO.COc1cccc(/C=C/S(=O)(=O)N2CCC3(CC2)N=C(C2CCC(C)CC2)NC3=O)c1C.COc1cccc(Br)c1C.COc1cccc(CCS(=O)(=O)N2CCC3(CC2)N=C(C2CCC(C)CC2)NC3=O)c1C. The van der Waals surface area contributed by atoms with Gasteiger partial charge in [0.2, 0.25) is 30.1 Å². The predicted octanol–water partition coefficient (Wildman–Crippen LogP) is 10.6. The van der Waals surface area contributed by atoms with Gasteiger partial charge in [-0.2, -0.15) is 8.61 Å². The molecule has 22 nitrogen and oxygen atoms in total. The zero-order valence-electron chi connectivity index (χ0n) is 59.6. The number of hydrogen-bond acceptors (Lipinski definition) is 16. The molecule has 0 radical (unpaired) electrons. The molecule has 3 aliphatic carbocycles. The summed E-state index contributed by atoms with van der Waals surface area (Å²) in [5.41, 5.74) is 2.44. The van der Waals surface area contributed by atoms with Gasteiger partial charge >= 0.3 is 0 Å². The summed E-state index contributed by atoms with van der Waals surface area (Å²) in [4.78, 5) is 52.6. The van der Waals surface area contributed by atoms with E-state index >= 15 is 0 Å². The molecule has 0 aromatic heterocycles. The smallest absolute Gasteiger partial charge is 0.253 e. The lowest BCUT2D eigenvalue weighted by Crippen LogP contribution is -2.51. The molecule has 12 rings (SSSR count). The summed E-state index contributed by atoms with van der Waals surface area (Å²) in [7, 11) is -4.52. The number of piperidine rings is 3. The Morgan fingerprint density at radius 2 is 0.859 bits per heavy atom. The van der Waals surface area contributed by atoms with Crippen LogP contribution in [0.5, 0.6) is 17.2 Å². The van der Waals surface area contributed by atoms with Gasteiger partial charge in [-0.15, -0.1) is 0 Å². The lowest BCUT2D eigenvalue weighted by Gasteiger charge is -2.34. The second-order valence-corrected chi connectivity index (χ2v) is 34.8. The minimum Gasteiger partial charge on any atom is -0.496 e. The molecule has 3 amide bonds. The molecule has 6 heterocycles. The molecule has 6 aliphatic heterocycles. The molecule has 3 aromatic rings. The Hall–Kier alpha value is -5.87. The summed E-state index contributed by atoms with van der Waals surface area (Å²) in [6.45, 7) is 17.9. The van der Waals surface area contributed by atoms with Crippen LogP contribution in [0.25, 0.3) is 6.08 Å². The monoisotopic (exact) mass is 1490 g/mol. The highest BCUT2D eigenvalue weighted by atomic mass is 79.9. The Bertz CT molecular complexity index is 3810. The van der Waals surface area contributed by atoms with Crippen molar-refractivity contribution >= 4 is 87.3 Å². The van der Waals surface area contributed by atoms with E-state index in [2.05, 4.69) is 59.2 Å². The number of amidine groups is 3. The molecule has 26 heteroatoms. The van der Waals surface area contributed by atoms with Crippen molar-refractivity contribution in [3.05, 3.63) is 104 Å². The second-order valence-electron chi connectivity index (χ2n) is 28.1. The van der Waals surface area contributed by atoms with Crippen LogP contribution in [0, 0.1) is 56.3 Å². The number of methoxy groups -OCH3 is 3. The molecule has 3 spiro atoms. The van der Waals surface area contributed by atoms with Crippen molar-refractivity contribution in [3.63, 3.8) is 0 Å². The molecular weight excluding hydrogens is 1390 g/mol. The molecule has 546 valence electrons. The number of hydrogen-bond donors (Lipinski definition) is 4. The van der Waals surface area contributed by atoms with Crippen LogP contribution in [0.15, 0.2) is 91.4 Å². The van der Waals surface area contributed by atoms with Crippen LogP contribution in [0.3, 0.4) is 0 Å². The Labute approximate surface area is 597 Å². The third kappa shape index (κ3) is 19.1. The van der Waals surface area contributed by atoms with Gasteiger partial charge in [0, 0.05) is 85.0 Å². The number of aliphatic hydroxyl groups excluding tert-OH is 1. The first kappa shape index (κ1) is 78.8. The van der Waals surface area contributed by atoms with Crippen LogP contribution < -0.4 is 30.2 Å². The maximum atomic E-state index is 13.0. The predicted molar refractivity (Wildman–Crippen MR) is 394 cm³/mol. The number of rotatable bonds is 15. The van der Waals surface area contributed by atoms with E-state index in [1.54, 1.807) is 27.4 Å². The van der Waals surface area contributed by atoms with Crippen molar-refractivity contribution in [2.24, 2.45) is 50.5 Å². The average molecular weight is 1490 g/mol. The van der Waals surface area contributed by atoms with Crippen molar-refractivity contribution in [2.45, 2.75) is 180 Å². The van der Waals surface area contributed by atoms with E-state index in [0.29, 0.717) is 88.9 Å². The highest BCUT2D eigenvalue weighted by Crippen LogP contribution is 2.40. The zero-order chi connectivity index (χ0) is 72.1. The van der Waals surface area contributed by atoms with Gasteiger partial charge in [-0.05, 0) is 175 Å². The summed E-state index contributed by atoms with van der Waals surface area (Å²) in [5, 5.41) is 18.3. The number of aliphatic imine (C=N–C) groups is 3. The number of halogens is 1. The lowest BCUT2D eigenvalue weighted by molar-refractivity contribution is -0.125. The van der Waals surface area contributed by atoms with Gasteiger partial charge < -0.3 is 35.3 Å². The van der Waals surface area contributed by atoms with Gasteiger partial charge in [0.1, 0.15) is 51.4 Å². The van der Waals surface area contributed by atoms with Gasteiger partial charge in [0.15, 0.2) is 0 Å². The maximum absolute atomic E-state index is 13.0. The third-order valence-corrected chi connectivity index (χ3v) is 27.6. The van der Waals surface area contributed by atoms with Crippen LogP contribution in [-0.4, -0.2) is 169 Å². The van der Waals surface area contributed by atoms with Crippen molar-refractivity contribution < 1.29 is 59.0 Å². The number of aliphatic hydroxyl groups is 1. The third-order valence-electron chi connectivity index (χ3n) is 21.8. The highest BCUT2D eigenvalue weighted by Gasteiger charge is 2.51. The van der Waals surface area contributed by atoms with Gasteiger partial charge in [0.25, 0.3) is 17.7 Å². The van der Waals surface area contributed by atoms with E-state index in [-0.39, 0.29) is 36.6 Å². The first-order valence-corrected chi connectivity index (χ1v) is 40.5. The zero-order valence-corrected chi connectivity index (χ0v) is 63.7. The summed E-state index contributed by atoms with van der Waals surface area (Å²) in [6.07, 6.45) is 18.1. The first-order chi connectivity index (χ1) is 47.1. The number of benzene rings is 3. The number of ether oxygens (including phenoxy) is 3. The molecule has 99 heavy (non-hydrogen) atoms. The van der Waals surface area contributed by atoms with E-state index in [1.807, 2.05) is 75.4 Å². The Balaban J connectivity index is 0.000000176. The van der Waals surface area contributed by atoms with Crippen LogP contribution in [0.4, 0.5) is 0 Å². The Kier molecular flexibility index (Phi) is 27.4. The minimum absolute atomic E-state index is 0.0461. The molecule has 9 aliphatic rings. The van der Waals surface area contributed by atoms with Crippen molar-refractivity contribution in [3.8, 4) is 17.2 Å². The normalized spacial score (nSPS) is 25.3. The van der Waals surface area contributed by atoms with Crippen molar-refractivity contribution in [1.82, 2.24) is 28.9 Å². The quantitative estimate of drug-likeness (QED) is 0.110. The van der Waals surface area contributed by atoms with E-state index in [9.17, 15) is 39.6 Å². The van der Waals surface area contributed by atoms with Gasteiger partial charge in [-0.1, -0.05) is 112 Å². The molecule has 6 fully saturated rings. The summed E-state index contributed by atoms with van der Waals surface area (Å²) < 4.78 is 96.8. The molecule has 3 saturated carbocycles. The number of carbonyl (C=O) groups excluding carboxylic acids is 3. The summed E-state index contributed by atoms with van der Waals surface area (Å²) in [6, 6.07) is 17.2. The van der Waals surface area contributed by atoms with Gasteiger partial charge in [0.05, 0.1) is 27.1 Å². The van der Waals surface area contributed by atoms with Gasteiger partial charge in [-0.25, -0.2) is 29.6 Å². The van der Waals surface area contributed by atoms with Crippen LogP contribution in [0.1, 0.15) is 164 Å². The Morgan fingerprint density at radius 3 is 1.23 bits per heavy atom. The molecule has 0 atom stereocenters. The lowest BCUT2D eigenvalue weighted by atomic mass is 9.82. The Morgan fingerprint density at radius 1 is 0.515 bits per heavy atom. The summed E-state index contributed by atoms with van der Waals surface area (Å²) in [5.74, 6) is 8.05. The molecule has 4 N–H and O–H groups in total. The average Bonchev–Trinajstić information content (AvgIpc) is 1.66. The highest BCUT2D eigenvalue weighted by molar-refractivity contribution is 9.10. The molecule has 3 saturated heterocycles. The van der Waals surface area contributed by atoms with Crippen LogP contribution >= 0.6 is 15.9 Å². The van der Waals surface area contributed by atoms with E-state index in [4.69, 9.17) is 34.3 Å². The number of carbonyl (C=O) groups is 3. The van der Waals surface area contributed by atoms with Crippen LogP contribution in [0.2, 0.25) is 0 Å². The molecular formula is C73H106BrN9O13S3. The fourth-order valence-electron chi connectivity index (χ4n) is 14.9. The number of nitrogens with one attached hydrogen (secondary N) is 3. The van der Waals surface area contributed by atoms with Crippen molar-refractivity contribution in [2.75, 3.05) is 73.5 Å². The standard InChI is InChI=1S/C24H35N3O4S.C24H33N3O4S.C16H25N3O3S.C8H9BrO.CH4O/c2*1-17-7-9-20(10-8-17)22-25-23(28)24(26-22)12-14-27(15-13-24)32(29,30)16-11-19-5-4-6-21(31-3)18(19)2;1-3-23(21,22)19-10-8-16(9-11-19)15(20)17-14(18-16)13-6-4-12(2)5-7-13;1-6-7(9)4-3-5-8(6)10-2;1-2/h4-6,17,20H,7-16H2,1-3H3,(H,25,26,28);4-6,11,16-17,20H,7-10,12-15H2,1-3H3,(H,25,26,28);3,12-13H,1,4-11H2,2H3,(H,17,18,20);3-5H,1-2H3;2H,1H3/b;16-11+;;;. The minimum atomic E-state index is -3.59. The molecule has 0 unspecified atom stereocenters. The van der Waals surface area contributed by atoms with E-state index in [0.717, 1.165) is 149 Å². The molecule has 0 bridgehead atoms. The number of amides is 3. The fraction of sp³-hybridized carbons (Fsp3) is 0.616. The van der Waals surface area contributed by atoms with Gasteiger partial charge in [-0.3, -0.25) is 29.4 Å². The van der Waals surface area contributed by atoms with Crippen molar-refractivity contribution in [1.29, 1.82) is 0 Å². The van der Waals surface area contributed by atoms with Crippen LogP contribution in [-0.2, 0) is 50.9 Å². The summed E-state index contributed by atoms with van der Waals surface area (Å²) >= 11 is 3.41.